The lowest BCUT2D eigenvalue weighted by Crippen LogP contribution is -2.25. The zero-order valence-corrected chi connectivity index (χ0v) is 13.1. The molecule has 0 aliphatic heterocycles. The Morgan fingerprint density at radius 1 is 0.833 bits per heavy atom. The molecule has 1 nitrogen and oxygen atoms in total. The molecule has 0 amide bonds. The molecule has 0 rings (SSSR count). The summed E-state index contributed by atoms with van der Waals surface area (Å²) in [4.78, 5) is 2.26. The first-order valence-electron chi connectivity index (χ1n) is 8.01. The molecule has 0 aromatic heterocycles. The molecule has 0 fully saturated rings. The normalized spacial score (nSPS) is 12.9. The zero-order chi connectivity index (χ0) is 13.6. The molecule has 0 aromatic carbocycles. The van der Waals surface area contributed by atoms with E-state index in [1.54, 1.807) is 0 Å². The van der Waals surface area contributed by atoms with Gasteiger partial charge in [-0.3, -0.25) is 0 Å². The summed E-state index contributed by atoms with van der Waals surface area (Å²) < 4.78 is 0. The van der Waals surface area contributed by atoms with E-state index in [1.807, 2.05) is 0 Å². The largest absolute Gasteiger partial charge is 0.303 e. The first kappa shape index (κ1) is 17.7. The van der Waals surface area contributed by atoms with E-state index in [9.17, 15) is 0 Å². The summed E-state index contributed by atoms with van der Waals surface area (Å²) in [7, 11) is 4.28. The molecule has 1 heteroatoms. The van der Waals surface area contributed by atoms with Crippen LogP contribution in [0.1, 0.15) is 77.6 Å². The first-order valence-corrected chi connectivity index (χ1v) is 8.01. The lowest BCUT2D eigenvalue weighted by Gasteiger charge is -2.20. The van der Waals surface area contributed by atoms with Gasteiger partial charge in [0.1, 0.15) is 0 Å². The maximum absolute atomic E-state index is 3.90. The van der Waals surface area contributed by atoms with E-state index in [1.165, 1.54) is 70.6 Å². The van der Waals surface area contributed by atoms with Crippen LogP contribution in [0.3, 0.4) is 0 Å². The minimum atomic E-state index is 0.569. The van der Waals surface area contributed by atoms with Crippen LogP contribution in [0.25, 0.3) is 0 Å². The van der Waals surface area contributed by atoms with Gasteiger partial charge in [-0.2, -0.15) is 0 Å². The number of unbranched alkanes of at least 4 members (excludes halogenated alkanes) is 9. The summed E-state index contributed by atoms with van der Waals surface area (Å²) in [5, 5.41) is 0. The van der Waals surface area contributed by atoms with E-state index in [2.05, 4.69) is 38.6 Å². The number of hydrogen-bond donors (Lipinski definition) is 0. The maximum Gasteiger partial charge on any atom is 0.0269 e. The van der Waals surface area contributed by atoms with Gasteiger partial charge in [-0.25, -0.2) is 0 Å². The minimum Gasteiger partial charge on any atom is -0.303 e. The van der Waals surface area contributed by atoms with Crippen LogP contribution in [0.15, 0.2) is 12.7 Å². The molecule has 108 valence electrons. The van der Waals surface area contributed by atoms with Crippen LogP contribution in [0.5, 0.6) is 0 Å². The summed E-state index contributed by atoms with van der Waals surface area (Å²) in [5.74, 6) is 0. The fourth-order valence-electron chi connectivity index (χ4n) is 2.43. The molecule has 0 bridgehead atoms. The fraction of sp³-hybridized carbons (Fsp3) is 0.882. The van der Waals surface area contributed by atoms with E-state index < -0.39 is 0 Å². The summed E-state index contributed by atoms with van der Waals surface area (Å²) in [5.41, 5.74) is 0. The van der Waals surface area contributed by atoms with Gasteiger partial charge in [-0.15, -0.1) is 6.58 Å². The molecule has 18 heavy (non-hydrogen) atoms. The molecule has 0 saturated carbocycles. The highest BCUT2D eigenvalue weighted by atomic mass is 15.1. The lowest BCUT2D eigenvalue weighted by molar-refractivity contribution is 0.319. The van der Waals surface area contributed by atoms with Crippen molar-refractivity contribution >= 4 is 0 Å². The molecular formula is C17H35N. The molecule has 0 radical (unpaired) electrons. The Kier molecular flexibility index (Phi) is 12.9. The van der Waals surface area contributed by atoms with Gasteiger partial charge in [0.15, 0.2) is 0 Å². The highest BCUT2D eigenvalue weighted by Gasteiger charge is 2.05. The van der Waals surface area contributed by atoms with E-state index in [4.69, 9.17) is 0 Å². The topological polar surface area (TPSA) is 3.24 Å². The quantitative estimate of drug-likeness (QED) is 0.313. The summed E-state index contributed by atoms with van der Waals surface area (Å²) in [6, 6.07) is 0.569. The average molecular weight is 253 g/mol. The Morgan fingerprint density at radius 3 is 1.67 bits per heavy atom. The number of hydrogen-bond acceptors (Lipinski definition) is 1. The van der Waals surface area contributed by atoms with E-state index in [-0.39, 0.29) is 0 Å². The van der Waals surface area contributed by atoms with Crippen LogP contribution in [-0.2, 0) is 0 Å². The molecule has 1 atom stereocenters. The van der Waals surface area contributed by atoms with Crippen molar-refractivity contribution in [3.8, 4) is 0 Å². The summed E-state index contributed by atoms with van der Waals surface area (Å²) in [6.07, 6.45) is 17.5. The monoisotopic (exact) mass is 253 g/mol. The number of nitrogens with zero attached hydrogens (tertiary/aromatic N) is 1. The number of rotatable bonds is 13. The molecule has 0 aliphatic rings. The smallest absolute Gasteiger partial charge is 0.0269 e. The van der Waals surface area contributed by atoms with Crippen LogP contribution in [0.2, 0.25) is 0 Å². The molecule has 0 heterocycles. The lowest BCUT2D eigenvalue weighted by atomic mass is 10.0. The Hall–Kier alpha value is -0.300. The standard InChI is InChI=1S/C17H35N/c1-5-7-8-9-10-11-12-13-14-15-16-17(6-2)18(3)4/h6,17H,2,5,7-16H2,1,3-4H3. The Labute approximate surface area is 116 Å². The predicted octanol–water partition coefficient (Wildman–Crippen LogP) is 5.41. The fourth-order valence-corrected chi connectivity index (χ4v) is 2.43. The Balaban J connectivity index is 3.18. The maximum atomic E-state index is 3.90. The second kappa shape index (κ2) is 13.1. The van der Waals surface area contributed by atoms with Crippen LogP contribution < -0.4 is 0 Å². The van der Waals surface area contributed by atoms with Gasteiger partial charge in [-0.1, -0.05) is 77.2 Å². The van der Waals surface area contributed by atoms with Gasteiger partial charge in [-0.05, 0) is 20.5 Å². The molecule has 0 saturated heterocycles. The van der Waals surface area contributed by atoms with E-state index >= 15 is 0 Å². The minimum absolute atomic E-state index is 0.569. The van der Waals surface area contributed by atoms with Gasteiger partial charge in [0, 0.05) is 6.04 Å². The Morgan fingerprint density at radius 2 is 1.28 bits per heavy atom. The van der Waals surface area contributed by atoms with Gasteiger partial charge < -0.3 is 4.90 Å². The van der Waals surface area contributed by atoms with Gasteiger partial charge >= 0.3 is 0 Å². The molecule has 1 unspecified atom stereocenters. The molecular weight excluding hydrogens is 218 g/mol. The third kappa shape index (κ3) is 10.8. The summed E-state index contributed by atoms with van der Waals surface area (Å²) in [6.45, 7) is 6.19. The van der Waals surface area contributed by atoms with E-state index in [0.717, 1.165) is 0 Å². The predicted molar refractivity (Wildman–Crippen MR) is 84.1 cm³/mol. The first-order chi connectivity index (χ1) is 8.72. The van der Waals surface area contributed by atoms with Crippen LogP contribution in [0, 0.1) is 0 Å². The van der Waals surface area contributed by atoms with Gasteiger partial charge in [0.2, 0.25) is 0 Å². The highest BCUT2D eigenvalue weighted by Crippen LogP contribution is 2.13. The van der Waals surface area contributed by atoms with Crippen LogP contribution >= 0.6 is 0 Å². The SMILES string of the molecule is C=CC(CCCCCCCCCCCC)N(C)C. The van der Waals surface area contributed by atoms with Crippen molar-refractivity contribution in [2.24, 2.45) is 0 Å². The van der Waals surface area contributed by atoms with Crippen molar-refractivity contribution < 1.29 is 0 Å². The van der Waals surface area contributed by atoms with Crippen molar-refractivity contribution in [2.75, 3.05) is 14.1 Å². The molecule has 0 aliphatic carbocycles. The van der Waals surface area contributed by atoms with Crippen molar-refractivity contribution in [2.45, 2.75) is 83.6 Å². The van der Waals surface area contributed by atoms with Crippen LogP contribution in [-0.4, -0.2) is 25.0 Å². The second-order valence-corrected chi connectivity index (χ2v) is 5.74. The van der Waals surface area contributed by atoms with Crippen molar-refractivity contribution in [1.82, 2.24) is 4.90 Å². The van der Waals surface area contributed by atoms with Crippen molar-refractivity contribution in [1.29, 1.82) is 0 Å². The highest BCUT2D eigenvalue weighted by molar-refractivity contribution is 4.84. The number of likely N-dealkylation sites (N-methyl/N-ethyl adjacent to an activating group) is 1. The second-order valence-electron chi connectivity index (χ2n) is 5.74. The average Bonchev–Trinajstić information content (AvgIpc) is 2.35. The van der Waals surface area contributed by atoms with E-state index in [0.29, 0.717) is 6.04 Å². The molecule has 0 N–H and O–H groups in total. The third-order valence-electron chi connectivity index (χ3n) is 3.79. The summed E-state index contributed by atoms with van der Waals surface area (Å²) >= 11 is 0. The zero-order valence-electron chi connectivity index (χ0n) is 13.1. The van der Waals surface area contributed by atoms with Crippen molar-refractivity contribution in [3.05, 3.63) is 12.7 Å². The van der Waals surface area contributed by atoms with Gasteiger partial charge in [0.25, 0.3) is 0 Å². The Bertz CT molecular complexity index is 174. The molecule has 0 spiro atoms. The third-order valence-corrected chi connectivity index (χ3v) is 3.79. The molecule has 0 aromatic rings. The van der Waals surface area contributed by atoms with Gasteiger partial charge in [0.05, 0.1) is 0 Å². The van der Waals surface area contributed by atoms with Crippen LogP contribution in [0.4, 0.5) is 0 Å². The van der Waals surface area contributed by atoms with Crippen molar-refractivity contribution in [3.63, 3.8) is 0 Å².